The topological polar surface area (TPSA) is 53.4 Å². The second-order valence-electron chi connectivity index (χ2n) is 5.40. The molecule has 2 aromatic heterocycles. The highest BCUT2D eigenvalue weighted by Gasteiger charge is 2.33. The van der Waals surface area contributed by atoms with E-state index < -0.39 is 5.60 Å². The van der Waals surface area contributed by atoms with E-state index in [-0.39, 0.29) is 5.91 Å². The Balaban J connectivity index is 1.65. The van der Waals surface area contributed by atoms with Crippen molar-refractivity contribution >= 4 is 28.6 Å². The molecule has 0 aromatic carbocycles. The van der Waals surface area contributed by atoms with Gasteiger partial charge in [0, 0.05) is 29.4 Å². The normalized spacial score (nSPS) is 22.4. The van der Waals surface area contributed by atoms with Crippen LogP contribution in [-0.2, 0) is 11.2 Å². The number of carbonyl (C=O) groups excluding carboxylic acids is 1. The Hall–Kier alpha value is -1.24. The molecule has 1 amide bonds. The Morgan fingerprint density at radius 2 is 2.40 bits per heavy atom. The third kappa shape index (κ3) is 2.92. The highest BCUT2D eigenvalue weighted by Crippen LogP contribution is 2.26. The van der Waals surface area contributed by atoms with Gasteiger partial charge in [0.1, 0.15) is 5.01 Å². The zero-order valence-corrected chi connectivity index (χ0v) is 12.8. The van der Waals surface area contributed by atoms with Crippen molar-refractivity contribution < 1.29 is 9.90 Å². The molecule has 3 heterocycles. The number of amides is 1. The van der Waals surface area contributed by atoms with Crippen LogP contribution in [-0.4, -0.2) is 39.6 Å². The predicted octanol–water partition coefficient (Wildman–Crippen LogP) is 2.40. The van der Waals surface area contributed by atoms with E-state index in [0.717, 1.165) is 16.3 Å². The molecule has 0 spiro atoms. The van der Waals surface area contributed by atoms with E-state index in [9.17, 15) is 9.90 Å². The summed E-state index contributed by atoms with van der Waals surface area (Å²) in [4.78, 5) is 18.4. The Kier molecular flexibility index (Phi) is 3.62. The van der Waals surface area contributed by atoms with Crippen molar-refractivity contribution in [1.29, 1.82) is 0 Å². The lowest BCUT2D eigenvalue weighted by atomic mass is 10.1. The van der Waals surface area contributed by atoms with E-state index in [1.165, 1.54) is 0 Å². The minimum Gasteiger partial charge on any atom is -0.388 e. The average Bonchev–Trinajstić information content (AvgIpc) is 3.07. The number of rotatable bonds is 3. The zero-order chi connectivity index (χ0) is 14.2. The van der Waals surface area contributed by atoms with Gasteiger partial charge in [0.15, 0.2) is 0 Å². The van der Waals surface area contributed by atoms with Crippen LogP contribution in [0.1, 0.15) is 19.0 Å². The molecule has 0 aliphatic carbocycles. The molecule has 0 saturated carbocycles. The number of thiazole rings is 1. The van der Waals surface area contributed by atoms with E-state index in [0.29, 0.717) is 25.9 Å². The summed E-state index contributed by atoms with van der Waals surface area (Å²) in [6.45, 7) is 2.83. The fourth-order valence-electron chi connectivity index (χ4n) is 2.33. The minimum atomic E-state index is -0.737. The lowest BCUT2D eigenvalue weighted by Gasteiger charge is -2.18. The van der Waals surface area contributed by atoms with Crippen LogP contribution in [0, 0.1) is 0 Å². The molecule has 1 unspecified atom stereocenters. The van der Waals surface area contributed by atoms with Crippen molar-refractivity contribution in [3.63, 3.8) is 0 Å². The van der Waals surface area contributed by atoms with Crippen molar-refractivity contribution in [2.45, 2.75) is 25.4 Å². The van der Waals surface area contributed by atoms with E-state index >= 15 is 0 Å². The molecular weight excluding hydrogens is 292 g/mol. The van der Waals surface area contributed by atoms with Gasteiger partial charge in [-0.25, -0.2) is 4.98 Å². The van der Waals surface area contributed by atoms with Crippen LogP contribution in [0.2, 0.25) is 0 Å². The van der Waals surface area contributed by atoms with E-state index in [1.807, 2.05) is 16.8 Å². The van der Waals surface area contributed by atoms with Gasteiger partial charge in [0.25, 0.3) is 0 Å². The summed E-state index contributed by atoms with van der Waals surface area (Å²) in [7, 11) is 0. The first-order valence-corrected chi connectivity index (χ1v) is 8.33. The number of aliphatic hydroxyl groups is 1. The Labute approximate surface area is 125 Å². The van der Waals surface area contributed by atoms with Crippen molar-refractivity contribution in [3.05, 3.63) is 27.9 Å². The standard InChI is InChI=1S/C14H16N2O2S2/c1-14(18)3-4-16(9-14)12(17)6-11-8-20-13(15-11)10-2-5-19-7-10/h2,5,7-8,18H,3-4,6,9H2,1H3. The van der Waals surface area contributed by atoms with E-state index in [2.05, 4.69) is 10.4 Å². The first kappa shape index (κ1) is 13.7. The van der Waals surface area contributed by atoms with E-state index in [4.69, 9.17) is 0 Å². The first-order chi connectivity index (χ1) is 9.53. The average molecular weight is 308 g/mol. The molecule has 0 bridgehead atoms. The number of aromatic nitrogens is 1. The maximum Gasteiger partial charge on any atom is 0.228 e. The largest absolute Gasteiger partial charge is 0.388 e. The van der Waals surface area contributed by atoms with Crippen LogP contribution in [0.25, 0.3) is 10.6 Å². The Morgan fingerprint density at radius 1 is 1.55 bits per heavy atom. The number of nitrogens with zero attached hydrogens (tertiary/aromatic N) is 2. The SMILES string of the molecule is CC1(O)CCN(C(=O)Cc2csc(-c3ccsc3)n2)C1. The van der Waals surface area contributed by atoms with Gasteiger partial charge in [0.2, 0.25) is 5.91 Å². The summed E-state index contributed by atoms with van der Waals surface area (Å²) < 4.78 is 0. The third-order valence-electron chi connectivity index (χ3n) is 3.46. The molecule has 2 aromatic rings. The predicted molar refractivity (Wildman–Crippen MR) is 81.0 cm³/mol. The summed E-state index contributed by atoms with van der Waals surface area (Å²) in [5.74, 6) is 0.0462. The molecule has 1 aliphatic rings. The summed E-state index contributed by atoms with van der Waals surface area (Å²) in [5, 5.41) is 16.9. The molecule has 3 rings (SSSR count). The van der Waals surface area contributed by atoms with Gasteiger partial charge in [-0.1, -0.05) is 0 Å². The Morgan fingerprint density at radius 3 is 3.05 bits per heavy atom. The summed E-state index contributed by atoms with van der Waals surface area (Å²) in [6, 6.07) is 2.03. The number of carbonyl (C=O) groups is 1. The zero-order valence-electron chi connectivity index (χ0n) is 11.2. The van der Waals surface area contributed by atoms with Crippen molar-refractivity contribution in [1.82, 2.24) is 9.88 Å². The van der Waals surface area contributed by atoms with Crippen LogP contribution in [0.5, 0.6) is 0 Å². The maximum atomic E-state index is 12.2. The summed E-state index contributed by atoms with van der Waals surface area (Å²) >= 11 is 3.21. The maximum absolute atomic E-state index is 12.2. The van der Waals surface area contributed by atoms with E-state index in [1.54, 1.807) is 34.5 Å². The fourth-order valence-corrected chi connectivity index (χ4v) is 3.86. The first-order valence-electron chi connectivity index (χ1n) is 6.51. The van der Waals surface area contributed by atoms with Crippen LogP contribution >= 0.6 is 22.7 Å². The van der Waals surface area contributed by atoms with Crippen LogP contribution < -0.4 is 0 Å². The van der Waals surface area contributed by atoms with Gasteiger partial charge in [0.05, 0.1) is 17.7 Å². The number of hydrogen-bond donors (Lipinski definition) is 1. The second kappa shape index (κ2) is 5.27. The lowest BCUT2D eigenvalue weighted by Crippen LogP contribution is -2.34. The van der Waals surface area contributed by atoms with Crippen LogP contribution in [0.4, 0.5) is 0 Å². The van der Waals surface area contributed by atoms with Crippen LogP contribution in [0.15, 0.2) is 22.2 Å². The van der Waals surface area contributed by atoms with Gasteiger partial charge in [-0.3, -0.25) is 4.79 Å². The molecule has 0 radical (unpaired) electrons. The van der Waals surface area contributed by atoms with Crippen molar-refractivity contribution in [3.8, 4) is 10.6 Å². The molecule has 1 saturated heterocycles. The second-order valence-corrected chi connectivity index (χ2v) is 7.03. The number of β-amino-alcohol motifs (C(OH)–C–C–N with tert-alkyl or cyclic N) is 1. The number of thiophene rings is 1. The monoisotopic (exact) mass is 308 g/mol. The van der Waals surface area contributed by atoms with Crippen LogP contribution in [0.3, 0.4) is 0 Å². The highest BCUT2D eigenvalue weighted by molar-refractivity contribution is 7.14. The number of hydrogen-bond acceptors (Lipinski definition) is 5. The Bertz CT molecular complexity index is 604. The minimum absolute atomic E-state index is 0.0462. The molecule has 6 heteroatoms. The molecule has 1 aliphatic heterocycles. The fraction of sp³-hybridized carbons (Fsp3) is 0.429. The highest BCUT2D eigenvalue weighted by atomic mass is 32.1. The van der Waals surface area contributed by atoms with Gasteiger partial charge >= 0.3 is 0 Å². The summed E-state index contributed by atoms with van der Waals surface area (Å²) in [6.07, 6.45) is 0.965. The summed E-state index contributed by atoms with van der Waals surface area (Å²) in [5.41, 5.74) is 1.19. The number of likely N-dealkylation sites (tertiary alicyclic amines) is 1. The smallest absolute Gasteiger partial charge is 0.228 e. The molecule has 20 heavy (non-hydrogen) atoms. The van der Waals surface area contributed by atoms with Crippen molar-refractivity contribution in [2.75, 3.05) is 13.1 Å². The molecule has 4 nitrogen and oxygen atoms in total. The quantitative estimate of drug-likeness (QED) is 0.947. The molecular formula is C14H16N2O2S2. The molecule has 1 atom stereocenters. The van der Waals surface area contributed by atoms with Crippen molar-refractivity contribution in [2.24, 2.45) is 0 Å². The molecule has 1 fully saturated rings. The van der Waals surface area contributed by atoms with Gasteiger partial charge in [-0.05, 0) is 24.8 Å². The lowest BCUT2D eigenvalue weighted by molar-refractivity contribution is -0.130. The molecule has 1 N–H and O–H groups in total. The van der Waals surface area contributed by atoms with Gasteiger partial charge in [-0.2, -0.15) is 11.3 Å². The third-order valence-corrected chi connectivity index (χ3v) is 5.08. The molecule has 106 valence electrons. The van der Waals surface area contributed by atoms with Gasteiger partial charge in [-0.15, -0.1) is 11.3 Å². The van der Waals surface area contributed by atoms with Gasteiger partial charge < -0.3 is 10.0 Å².